The lowest BCUT2D eigenvalue weighted by molar-refractivity contribution is 0.594. The van der Waals surface area contributed by atoms with Crippen LogP contribution in [0, 0.1) is 25.2 Å². The molecule has 0 atom stereocenters. The molecule has 0 radical (unpaired) electrons. The van der Waals surface area contributed by atoms with Crippen molar-refractivity contribution in [2.24, 2.45) is 0 Å². The molecule has 0 saturated carbocycles. The van der Waals surface area contributed by atoms with Gasteiger partial charge < -0.3 is 0 Å². The van der Waals surface area contributed by atoms with Crippen molar-refractivity contribution in [1.29, 1.82) is 5.26 Å². The number of sulfone groups is 1. The van der Waals surface area contributed by atoms with E-state index in [1.807, 2.05) is 19.1 Å². The van der Waals surface area contributed by atoms with Crippen LogP contribution in [-0.2, 0) is 15.6 Å². The first-order valence-corrected chi connectivity index (χ1v) is 7.87. The van der Waals surface area contributed by atoms with Gasteiger partial charge in [-0.15, -0.1) is 0 Å². The first-order chi connectivity index (χ1) is 9.44. The van der Waals surface area contributed by atoms with Crippen LogP contribution in [0.4, 0.5) is 0 Å². The van der Waals surface area contributed by atoms with E-state index >= 15 is 0 Å². The number of aryl methyl sites for hydroxylation is 2. The van der Waals surface area contributed by atoms with Gasteiger partial charge in [0.1, 0.15) is 0 Å². The summed E-state index contributed by atoms with van der Waals surface area (Å²) in [6.07, 6.45) is 0. The van der Waals surface area contributed by atoms with Crippen LogP contribution in [0.15, 0.2) is 47.4 Å². The van der Waals surface area contributed by atoms with Gasteiger partial charge in [0, 0.05) is 0 Å². The zero-order valence-corrected chi connectivity index (χ0v) is 12.2. The maximum Gasteiger partial charge on any atom is 0.182 e. The van der Waals surface area contributed by atoms with Gasteiger partial charge in [-0.2, -0.15) is 5.26 Å². The highest BCUT2D eigenvalue weighted by atomic mass is 32.2. The Morgan fingerprint density at radius 2 is 1.80 bits per heavy atom. The third-order valence-corrected chi connectivity index (χ3v) is 4.96. The van der Waals surface area contributed by atoms with Crippen LogP contribution in [0.5, 0.6) is 0 Å². The Bertz CT molecular complexity index is 786. The van der Waals surface area contributed by atoms with Crippen molar-refractivity contribution in [2.75, 3.05) is 0 Å². The van der Waals surface area contributed by atoms with Crippen molar-refractivity contribution in [3.63, 3.8) is 0 Å². The number of nitrogens with zero attached hydrogens (tertiary/aromatic N) is 1. The van der Waals surface area contributed by atoms with E-state index in [1.165, 1.54) is 0 Å². The fourth-order valence-electron chi connectivity index (χ4n) is 2.08. The van der Waals surface area contributed by atoms with Crippen LogP contribution < -0.4 is 0 Å². The van der Waals surface area contributed by atoms with E-state index in [0.717, 1.165) is 11.1 Å². The topological polar surface area (TPSA) is 57.9 Å². The third-order valence-electron chi connectivity index (χ3n) is 3.16. The monoisotopic (exact) mass is 285 g/mol. The van der Waals surface area contributed by atoms with Gasteiger partial charge >= 0.3 is 0 Å². The van der Waals surface area contributed by atoms with Gasteiger partial charge in [-0.1, -0.05) is 30.3 Å². The predicted molar refractivity (Wildman–Crippen MR) is 78.0 cm³/mol. The molecule has 0 unspecified atom stereocenters. The van der Waals surface area contributed by atoms with Crippen molar-refractivity contribution >= 4 is 9.84 Å². The van der Waals surface area contributed by atoms with Crippen molar-refractivity contribution in [3.8, 4) is 6.07 Å². The Labute approximate surface area is 119 Å². The zero-order chi connectivity index (χ0) is 14.8. The van der Waals surface area contributed by atoms with Gasteiger partial charge in [-0.3, -0.25) is 0 Å². The van der Waals surface area contributed by atoms with Gasteiger partial charge in [0.05, 0.1) is 22.3 Å². The normalized spacial score (nSPS) is 11.1. The van der Waals surface area contributed by atoms with Crippen LogP contribution in [0.25, 0.3) is 0 Å². The van der Waals surface area contributed by atoms with Crippen LogP contribution in [-0.4, -0.2) is 8.42 Å². The summed E-state index contributed by atoms with van der Waals surface area (Å²) in [4.78, 5) is 0.338. The van der Waals surface area contributed by atoms with E-state index < -0.39 is 9.84 Å². The van der Waals surface area contributed by atoms with E-state index in [9.17, 15) is 8.42 Å². The Morgan fingerprint density at radius 3 is 2.50 bits per heavy atom. The summed E-state index contributed by atoms with van der Waals surface area (Å²) in [6, 6.07) is 14.2. The molecule has 0 heterocycles. The smallest absolute Gasteiger partial charge is 0.182 e. The second-order valence-electron chi connectivity index (χ2n) is 4.80. The summed E-state index contributed by atoms with van der Waals surface area (Å²) in [5, 5.41) is 9.04. The van der Waals surface area contributed by atoms with Crippen LogP contribution in [0.2, 0.25) is 0 Å². The molecule has 3 nitrogen and oxygen atoms in total. The van der Waals surface area contributed by atoms with E-state index in [1.54, 1.807) is 43.3 Å². The minimum absolute atomic E-state index is 0.152. The molecule has 102 valence electrons. The molecule has 4 heteroatoms. The molecule has 2 aromatic carbocycles. The molecule has 0 bridgehead atoms. The van der Waals surface area contributed by atoms with Crippen LogP contribution in [0.3, 0.4) is 0 Å². The molecule has 0 aromatic heterocycles. The third kappa shape index (κ3) is 2.89. The first kappa shape index (κ1) is 14.3. The largest absolute Gasteiger partial charge is 0.223 e. The summed E-state index contributed by atoms with van der Waals surface area (Å²) in [7, 11) is -3.45. The first-order valence-electron chi connectivity index (χ1n) is 6.22. The maximum atomic E-state index is 12.5. The number of nitriles is 1. The molecule has 0 saturated heterocycles. The minimum Gasteiger partial charge on any atom is -0.223 e. The fraction of sp³-hybridized carbons (Fsp3) is 0.188. The van der Waals surface area contributed by atoms with Gasteiger partial charge in [-0.05, 0) is 42.7 Å². The quantitative estimate of drug-likeness (QED) is 0.870. The highest BCUT2D eigenvalue weighted by molar-refractivity contribution is 7.90. The van der Waals surface area contributed by atoms with E-state index in [0.29, 0.717) is 16.0 Å². The summed E-state index contributed by atoms with van der Waals surface area (Å²) < 4.78 is 25.1. The molecule has 0 aliphatic heterocycles. The standard InChI is InChI=1S/C16H15NO2S/c1-12-7-8-13(2)16(9-12)20(18,19)11-15-6-4-3-5-14(15)10-17/h3-9H,11H2,1-2H3. The fourth-order valence-corrected chi connectivity index (χ4v) is 3.82. The number of hydrogen-bond donors (Lipinski definition) is 0. The molecule has 20 heavy (non-hydrogen) atoms. The number of hydrogen-bond acceptors (Lipinski definition) is 3. The molecule has 2 rings (SSSR count). The Kier molecular flexibility index (Phi) is 3.91. The lowest BCUT2D eigenvalue weighted by Gasteiger charge is -2.09. The highest BCUT2D eigenvalue weighted by Crippen LogP contribution is 2.22. The van der Waals surface area contributed by atoms with Gasteiger partial charge in [-0.25, -0.2) is 8.42 Å². The van der Waals surface area contributed by atoms with E-state index in [-0.39, 0.29) is 5.75 Å². The van der Waals surface area contributed by atoms with Crippen molar-refractivity contribution in [1.82, 2.24) is 0 Å². The molecular formula is C16H15NO2S. The lowest BCUT2D eigenvalue weighted by atomic mass is 10.1. The second kappa shape index (κ2) is 5.48. The summed E-state index contributed by atoms with van der Waals surface area (Å²) in [5.74, 6) is -0.152. The molecule has 0 aliphatic rings. The molecule has 0 fully saturated rings. The van der Waals surface area contributed by atoms with E-state index in [2.05, 4.69) is 0 Å². The average molecular weight is 285 g/mol. The maximum absolute atomic E-state index is 12.5. The van der Waals surface area contributed by atoms with Gasteiger partial charge in [0.25, 0.3) is 0 Å². The molecule has 0 aliphatic carbocycles. The lowest BCUT2D eigenvalue weighted by Crippen LogP contribution is -2.08. The van der Waals surface area contributed by atoms with Crippen molar-refractivity contribution in [3.05, 3.63) is 64.7 Å². The summed E-state index contributed by atoms with van der Waals surface area (Å²) in [6.45, 7) is 3.64. The van der Waals surface area contributed by atoms with Crippen LogP contribution in [0.1, 0.15) is 22.3 Å². The number of rotatable bonds is 3. The molecule has 2 aromatic rings. The van der Waals surface area contributed by atoms with Crippen molar-refractivity contribution in [2.45, 2.75) is 24.5 Å². The molecular weight excluding hydrogens is 270 g/mol. The van der Waals surface area contributed by atoms with Crippen molar-refractivity contribution < 1.29 is 8.42 Å². The second-order valence-corrected chi connectivity index (χ2v) is 6.75. The Morgan fingerprint density at radius 1 is 1.10 bits per heavy atom. The van der Waals surface area contributed by atoms with Crippen LogP contribution >= 0.6 is 0 Å². The summed E-state index contributed by atoms with van der Waals surface area (Å²) >= 11 is 0. The summed E-state index contributed by atoms with van der Waals surface area (Å²) in [5.41, 5.74) is 2.57. The average Bonchev–Trinajstić information content (AvgIpc) is 2.41. The van der Waals surface area contributed by atoms with Gasteiger partial charge in [0.2, 0.25) is 0 Å². The SMILES string of the molecule is Cc1ccc(C)c(S(=O)(=O)Cc2ccccc2C#N)c1. The Balaban J connectivity index is 2.47. The van der Waals surface area contributed by atoms with Gasteiger partial charge in [0.15, 0.2) is 9.84 Å². The zero-order valence-electron chi connectivity index (χ0n) is 11.4. The minimum atomic E-state index is -3.45. The van der Waals surface area contributed by atoms with E-state index in [4.69, 9.17) is 5.26 Å². The predicted octanol–water partition coefficient (Wildman–Crippen LogP) is 3.15. The molecule has 0 spiro atoms. The Hall–Kier alpha value is -2.12. The highest BCUT2D eigenvalue weighted by Gasteiger charge is 2.19. The number of benzene rings is 2. The molecule has 0 N–H and O–H groups in total. The molecule has 0 amide bonds.